The number of nitrogens with zero attached hydrogens (tertiary/aromatic N) is 2. The first-order chi connectivity index (χ1) is 7.72. The lowest BCUT2D eigenvalue weighted by atomic mass is 10.2. The third-order valence-corrected chi connectivity index (χ3v) is 4.38. The fourth-order valence-corrected chi connectivity index (χ4v) is 3.37. The Morgan fingerprint density at radius 3 is 2.94 bits per heavy atom. The average molecular weight is 259 g/mol. The standard InChI is InChI=1S/C11H21N3S2/c1-5-9(8-15-4)14(3)11-13-7-10(16-11)6-12-2/h7,9,12H,5-6,8H2,1-4H3. The molecular formula is C11H21N3S2. The molecule has 1 heterocycles. The van der Waals surface area contributed by atoms with Crippen molar-refractivity contribution in [3.8, 4) is 0 Å². The van der Waals surface area contributed by atoms with Gasteiger partial charge in [0.25, 0.3) is 0 Å². The third-order valence-electron chi connectivity index (χ3n) is 2.57. The lowest BCUT2D eigenvalue weighted by Crippen LogP contribution is -2.32. The first kappa shape index (κ1) is 13.8. The molecule has 0 amide bonds. The van der Waals surface area contributed by atoms with Crippen molar-refractivity contribution in [1.29, 1.82) is 0 Å². The predicted molar refractivity (Wildman–Crippen MR) is 75.7 cm³/mol. The van der Waals surface area contributed by atoms with E-state index in [2.05, 4.69) is 35.4 Å². The van der Waals surface area contributed by atoms with Crippen LogP contribution >= 0.6 is 23.1 Å². The molecule has 0 bridgehead atoms. The predicted octanol–water partition coefficient (Wildman–Crippen LogP) is 2.44. The van der Waals surface area contributed by atoms with Crippen LogP contribution in [-0.4, -0.2) is 37.1 Å². The highest BCUT2D eigenvalue weighted by Crippen LogP contribution is 2.24. The van der Waals surface area contributed by atoms with Gasteiger partial charge in [0.2, 0.25) is 0 Å². The maximum absolute atomic E-state index is 4.48. The van der Waals surface area contributed by atoms with Crippen molar-refractivity contribution in [3.05, 3.63) is 11.1 Å². The molecule has 1 aromatic rings. The summed E-state index contributed by atoms with van der Waals surface area (Å²) in [6.45, 7) is 3.14. The molecule has 92 valence electrons. The zero-order valence-corrected chi connectivity index (χ0v) is 12.1. The minimum Gasteiger partial charge on any atom is -0.347 e. The van der Waals surface area contributed by atoms with Crippen molar-refractivity contribution < 1.29 is 0 Å². The van der Waals surface area contributed by atoms with Crippen LogP contribution in [0.25, 0.3) is 0 Å². The first-order valence-electron chi connectivity index (χ1n) is 5.54. The molecular weight excluding hydrogens is 238 g/mol. The number of hydrogen-bond acceptors (Lipinski definition) is 5. The fraction of sp³-hybridized carbons (Fsp3) is 0.727. The van der Waals surface area contributed by atoms with Gasteiger partial charge in [-0.3, -0.25) is 0 Å². The Hall–Kier alpha value is -0.260. The van der Waals surface area contributed by atoms with E-state index >= 15 is 0 Å². The molecule has 16 heavy (non-hydrogen) atoms. The molecule has 0 aliphatic heterocycles. The molecule has 0 aliphatic carbocycles. The van der Waals surface area contributed by atoms with Gasteiger partial charge in [0.15, 0.2) is 5.13 Å². The number of anilines is 1. The second-order valence-electron chi connectivity index (χ2n) is 3.77. The minimum atomic E-state index is 0.587. The monoisotopic (exact) mass is 259 g/mol. The SMILES string of the molecule is CCC(CSC)N(C)c1ncc(CNC)s1. The van der Waals surface area contributed by atoms with Crippen LogP contribution in [0.15, 0.2) is 6.20 Å². The summed E-state index contributed by atoms with van der Waals surface area (Å²) in [5, 5.41) is 4.28. The Bertz CT molecular complexity index is 301. The largest absolute Gasteiger partial charge is 0.347 e. The number of nitrogens with one attached hydrogen (secondary N) is 1. The summed E-state index contributed by atoms with van der Waals surface area (Å²) >= 11 is 3.68. The zero-order valence-electron chi connectivity index (χ0n) is 10.5. The summed E-state index contributed by atoms with van der Waals surface area (Å²) in [6, 6.07) is 0.587. The second-order valence-corrected chi connectivity index (χ2v) is 5.77. The topological polar surface area (TPSA) is 28.2 Å². The van der Waals surface area contributed by atoms with Crippen molar-refractivity contribution in [2.24, 2.45) is 0 Å². The van der Waals surface area contributed by atoms with Crippen LogP contribution < -0.4 is 10.2 Å². The summed E-state index contributed by atoms with van der Waals surface area (Å²) in [6.07, 6.45) is 5.29. The van der Waals surface area contributed by atoms with Gasteiger partial charge >= 0.3 is 0 Å². The Morgan fingerprint density at radius 2 is 2.38 bits per heavy atom. The van der Waals surface area contributed by atoms with Crippen LogP contribution in [0.1, 0.15) is 18.2 Å². The zero-order chi connectivity index (χ0) is 12.0. The minimum absolute atomic E-state index is 0.587. The summed E-state index contributed by atoms with van der Waals surface area (Å²) in [7, 11) is 4.11. The molecule has 0 saturated heterocycles. The molecule has 0 fully saturated rings. The van der Waals surface area contributed by atoms with Crippen molar-refractivity contribution in [2.45, 2.75) is 25.9 Å². The smallest absolute Gasteiger partial charge is 0.185 e. The molecule has 3 nitrogen and oxygen atoms in total. The van der Waals surface area contributed by atoms with Gasteiger partial charge < -0.3 is 10.2 Å². The van der Waals surface area contributed by atoms with Gasteiger partial charge in [-0.05, 0) is 19.7 Å². The quantitative estimate of drug-likeness (QED) is 0.814. The van der Waals surface area contributed by atoms with Gasteiger partial charge in [-0.25, -0.2) is 4.98 Å². The molecule has 1 rings (SSSR count). The Kier molecular flexibility index (Phi) is 6.16. The second kappa shape index (κ2) is 7.14. The van der Waals surface area contributed by atoms with E-state index in [1.807, 2.05) is 25.0 Å². The van der Waals surface area contributed by atoms with E-state index < -0.39 is 0 Å². The number of thioether (sulfide) groups is 1. The van der Waals surface area contributed by atoms with Crippen LogP contribution in [0.4, 0.5) is 5.13 Å². The summed E-state index contributed by atoms with van der Waals surface area (Å²) in [5.41, 5.74) is 0. The van der Waals surface area contributed by atoms with Crippen molar-refractivity contribution >= 4 is 28.2 Å². The molecule has 0 radical (unpaired) electrons. The van der Waals surface area contributed by atoms with Crippen molar-refractivity contribution in [2.75, 3.05) is 31.0 Å². The molecule has 5 heteroatoms. The van der Waals surface area contributed by atoms with Gasteiger partial charge in [-0.15, -0.1) is 11.3 Å². The lowest BCUT2D eigenvalue weighted by Gasteiger charge is -2.26. The molecule has 1 aromatic heterocycles. The van der Waals surface area contributed by atoms with E-state index in [-0.39, 0.29) is 0 Å². The fourth-order valence-electron chi connectivity index (χ4n) is 1.57. The highest BCUT2D eigenvalue weighted by Gasteiger charge is 2.15. The van der Waals surface area contributed by atoms with E-state index in [0.717, 1.165) is 23.8 Å². The Balaban J connectivity index is 2.66. The van der Waals surface area contributed by atoms with E-state index in [0.29, 0.717) is 6.04 Å². The van der Waals surface area contributed by atoms with Crippen LogP contribution in [0.2, 0.25) is 0 Å². The molecule has 1 N–H and O–H groups in total. The average Bonchev–Trinajstić information content (AvgIpc) is 2.74. The van der Waals surface area contributed by atoms with Crippen molar-refractivity contribution in [3.63, 3.8) is 0 Å². The normalized spacial score (nSPS) is 12.8. The van der Waals surface area contributed by atoms with E-state index in [4.69, 9.17) is 0 Å². The van der Waals surface area contributed by atoms with Gasteiger partial charge in [-0.1, -0.05) is 6.92 Å². The summed E-state index contributed by atoms with van der Waals surface area (Å²) in [4.78, 5) is 8.08. The van der Waals surface area contributed by atoms with Crippen LogP contribution in [0.5, 0.6) is 0 Å². The summed E-state index contributed by atoms with van der Waals surface area (Å²) < 4.78 is 0. The number of thiazole rings is 1. The Labute approximate surface area is 107 Å². The molecule has 0 aliphatic rings. The molecule has 0 spiro atoms. The Morgan fingerprint density at radius 1 is 1.62 bits per heavy atom. The molecule has 0 aromatic carbocycles. The van der Waals surface area contributed by atoms with Crippen LogP contribution in [0, 0.1) is 0 Å². The highest BCUT2D eigenvalue weighted by molar-refractivity contribution is 7.98. The lowest BCUT2D eigenvalue weighted by molar-refractivity contribution is 0.671. The number of hydrogen-bond donors (Lipinski definition) is 1. The molecule has 0 saturated carbocycles. The van der Waals surface area contributed by atoms with E-state index in [9.17, 15) is 0 Å². The van der Waals surface area contributed by atoms with Crippen LogP contribution in [-0.2, 0) is 6.54 Å². The van der Waals surface area contributed by atoms with Crippen LogP contribution in [0.3, 0.4) is 0 Å². The van der Waals surface area contributed by atoms with Gasteiger partial charge in [0, 0.05) is 36.5 Å². The van der Waals surface area contributed by atoms with E-state index in [1.54, 1.807) is 11.3 Å². The van der Waals surface area contributed by atoms with Gasteiger partial charge in [0.1, 0.15) is 0 Å². The number of aromatic nitrogens is 1. The number of rotatable bonds is 7. The first-order valence-corrected chi connectivity index (χ1v) is 7.75. The van der Waals surface area contributed by atoms with Crippen molar-refractivity contribution in [1.82, 2.24) is 10.3 Å². The van der Waals surface area contributed by atoms with E-state index in [1.165, 1.54) is 4.88 Å². The summed E-state index contributed by atoms with van der Waals surface area (Å²) in [5.74, 6) is 1.16. The third kappa shape index (κ3) is 3.64. The van der Waals surface area contributed by atoms with Gasteiger partial charge in [-0.2, -0.15) is 11.8 Å². The van der Waals surface area contributed by atoms with Gasteiger partial charge in [0.05, 0.1) is 0 Å². The maximum Gasteiger partial charge on any atom is 0.185 e. The molecule has 1 atom stereocenters. The molecule has 1 unspecified atom stereocenters. The maximum atomic E-state index is 4.48. The highest BCUT2D eigenvalue weighted by atomic mass is 32.2.